The molecule has 6 rings (SSSR count). The van der Waals surface area contributed by atoms with E-state index in [0.29, 0.717) is 0 Å². The van der Waals surface area contributed by atoms with Crippen LogP contribution in [0, 0.1) is 0 Å². The molecule has 186 valence electrons. The molecule has 0 saturated heterocycles. The first-order valence-electron chi connectivity index (χ1n) is 13.1. The second-order valence-corrected chi connectivity index (χ2v) is 16.5. The third-order valence-corrected chi connectivity index (χ3v) is 14.8. The van der Waals surface area contributed by atoms with Crippen molar-refractivity contribution in [2.24, 2.45) is 0 Å². The van der Waals surface area contributed by atoms with Gasteiger partial charge in [0.05, 0.1) is 0 Å². The van der Waals surface area contributed by atoms with Gasteiger partial charge in [-0.2, -0.15) is 0 Å². The maximum atomic E-state index is 8.26. The predicted molar refractivity (Wildman–Crippen MR) is 168 cm³/mol. The fourth-order valence-electron chi connectivity index (χ4n) is 5.63. The molecule has 0 fully saturated rings. The summed E-state index contributed by atoms with van der Waals surface area (Å²) >= 11 is 8.26. The summed E-state index contributed by atoms with van der Waals surface area (Å²) in [5.41, 5.74) is 3.88. The van der Waals surface area contributed by atoms with E-state index in [4.69, 9.17) is 11.2 Å². The van der Waals surface area contributed by atoms with Crippen molar-refractivity contribution in [3.63, 3.8) is 0 Å². The summed E-state index contributed by atoms with van der Waals surface area (Å²) in [7, 11) is 0. The van der Waals surface area contributed by atoms with Crippen LogP contribution in [0.25, 0.3) is 10.8 Å². The van der Waals surface area contributed by atoms with Crippen LogP contribution in [0.1, 0.15) is 16.7 Å². The van der Waals surface area contributed by atoms with Gasteiger partial charge in [-0.15, -0.1) is 0 Å². The van der Waals surface area contributed by atoms with Crippen LogP contribution in [0.5, 0.6) is 0 Å². The minimum absolute atomic E-state index is 0.751. The Bertz CT molecular complexity index is 1560. The third kappa shape index (κ3) is 4.45. The van der Waals surface area contributed by atoms with Crippen molar-refractivity contribution in [3.05, 3.63) is 174 Å². The van der Waals surface area contributed by atoms with E-state index in [1.54, 1.807) is 0 Å². The topological polar surface area (TPSA) is 0 Å². The molecule has 0 N–H and O–H groups in total. The zero-order chi connectivity index (χ0) is 25.9. The molecule has 6 aromatic carbocycles. The second kappa shape index (κ2) is 10.2. The molecule has 0 amide bonds. The molecule has 0 aliphatic heterocycles. The Balaban J connectivity index is 1.41. The van der Waals surface area contributed by atoms with Gasteiger partial charge in [-0.1, -0.05) is 0 Å². The molecule has 38 heavy (non-hydrogen) atoms. The van der Waals surface area contributed by atoms with Gasteiger partial charge in [-0.25, -0.2) is 0 Å². The first-order chi connectivity index (χ1) is 18.6. The van der Waals surface area contributed by atoms with Crippen molar-refractivity contribution < 1.29 is 0 Å². The molecule has 6 aromatic rings. The number of hydrogen-bond donors (Lipinski definition) is 0. The minimum atomic E-state index is -3.33. The van der Waals surface area contributed by atoms with Crippen LogP contribution in [-0.2, 0) is 12.6 Å². The van der Waals surface area contributed by atoms with Crippen molar-refractivity contribution in [2.75, 3.05) is 0 Å². The van der Waals surface area contributed by atoms with Crippen molar-refractivity contribution in [1.29, 1.82) is 0 Å². The van der Waals surface area contributed by atoms with E-state index >= 15 is 0 Å². The molecule has 0 radical (unpaired) electrons. The summed E-state index contributed by atoms with van der Waals surface area (Å²) in [6.07, 6.45) is 1.66. The maximum absolute atomic E-state index is 8.26. The molecule has 0 nitrogen and oxygen atoms in total. The first kappa shape index (κ1) is 24.6. The number of rotatable bonds is 7. The van der Waals surface area contributed by atoms with Crippen LogP contribution in [0.15, 0.2) is 158 Å². The molecule has 0 bridgehead atoms. The van der Waals surface area contributed by atoms with Crippen LogP contribution in [0.4, 0.5) is 0 Å². The van der Waals surface area contributed by atoms with Crippen LogP contribution < -0.4 is 15.9 Å². The van der Waals surface area contributed by atoms with Crippen molar-refractivity contribution in [3.8, 4) is 0 Å². The van der Waals surface area contributed by atoms with Gasteiger partial charge < -0.3 is 0 Å². The van der Waals surface area contributed by atoms with E-state index in [1.807, 2.05) is 0 Å². The van der Waals surface area contributed by atoms with Crippen LogP contribution in [0.3, 0.4) is 0 Å². The van der Waals surface area contributed by atoms with E-state index in [0.717, 1.165) is 12.6 Å². The third-order valence-electron chi connectivity index (χ3n) is 7.61. The molecule has 0 spiro atoms. The Morgan fingerprint density at radius 1 is 0.395 bits per heavy atom. The van der Waals surface area contributed by atoms with Gasteiger partial charge in [-0.3, -0.25) is 0 Å². The number of hydrogen-bond acceptors (Lipinski definition) is 0. The van der Waals surface area contributed by atoms with E-state index < -0.39 is 5.96 Å². The summed E-state index contributed by atoms with van der Waals surface area (Å²) in [5, 5.41) is 6.14. The average Bonchev–Trinajstić information content (AvgIpc) is 2.99. The normalized spacial score (nSPS) is 12.6. The molecule has 0 aromatic heterocycles. The Morgan fingerprint density at radius 3 is 1.34 bits per heavy atom. The molecule has 0 heterocycles. The Kier molecular flexibility index (Phi) is 6.62. The summed E-state index contributed by atoms with van der Waals surface area (Å²) in [5.74, 6) is -3.33. The van der Waals surface area contributed by atoms with E-state index in [-0.39, 0.29) is 0 Å². The fraction of sp³-hybridized carbons (Fsp3) is 0.0556. The molecule has 0 atom stereocenters. The van der Waals surface area contributed by atoms with Crippen LogP contribution >= 0.6 is 17.2 Å². The van der Waals surface area contributed by atoms with Crippen molar-refractivity contribution in [2.45, 2.75) is 12.6 Å². The number of benzene rings is 6. The van der Waals surface area contributed by atoms with Gasteiger partial charge in [0.15, 0.2) is 0 Å². The predicted octanol–water partition coefficient (Wildman–Crippen LogP) is 8.61. The quantitative estimate of drug-likeness (QED) is 0.182. The first-order valence-corrected chi connectivity index (χ1v) is 16.4. The van der Waals surface area contributed by atoms with Gasteiger partial charge >= 0.3 is 231 Å². The molecule has 0 aliphatic carbocycles. The van der Waals surface area contributed by atoms with Gasteiger partial charge in [0.2, 0.25) is 0 Å². The van der Waals surface area contributed by atoms with E-state index in [2.05, 4.69) is 158 Å². The molecule has 0 aliphatic rings. The van der Waals surface area contributed by atoms with Gasteiger partial charge in [0, 0.05) is 0 Å². The van der Waals surface area contributed by atoms with E-state index in [9.17, 15) is 0 Å². The van der Waals surface area contributed by atoms with Gasteiger partial charge in [0.25, 0.3) is 0 Å². The van der Waals surface area contributed by atoms with Crippen LogP contribution in [-0.4, -0.2) is 0 Å². The zero-order valence-electron chi connectivity index (χ0n) is 21.3. The fourth-order valence-corrected chi connectivity index (χ4v) is 11.8. The summed E-state index contributed by atoms with van der Waals surface area (Å²) < 4.78 is 0. The second-order valence-electron chi connectivity index (χ2n) is 10.0. The molecular weight excluding hydrogens is 499 g/mol. The molecule has 0 unspecified atom stereocenters. The van der Waals surface area contributed by atoms with Gasteiger partial charge in [-0.05, 0) is 0 Å². The summed E-state index contributed by atoms with van der Waals surface area (Å²) in [6, 6.07) is 56.5. The average molecular weight is 529 g/mol. The van der Waals surface area contributed by atoms with Gasteiger partial charge in [0.1, 0.15) is 0 Å². The zero-order valence-corrected chi connectivity index (χ0v) is 22.9. The Labute approximate surface area is 230 Å². The Morgan fingerprint density at radius 2 is 0.816 bits per heavy atom. The monoisotopic (exact) mass is 528 g/mol. The molecular formula is C36H30ClP. The van der Waals surface area contributed by atoms with Crippen LogP contribution in [0.2, 0.25) is 0 Å². The van der Waals surface area contributed by atoms with E-state index in [1.165, 1.54) is 43.4 Å². The van der Waals surface area contributed by atoms with Crippen molar-refractivity contribution >= 4 is 43.9 Å². The summed E-state index contributed by atoms with van der Waals surface area (Å²) in [4.78, 5) is 0. The SMILES string of the molecule is ClP(Cc1ccc(Cc2ccc3ccccc3c2)cc1)(c1ccccc1)(c1ccccc1)c1ccccc1. The molecule has 0 saturated carbocycles. The number of halogens is 1. The molecule has 2 heteroatoms. The van der Waals surface area contributed by atoms with Crippen molar-refractivity contribution in [1.82, 2.24) is 0 Å². The summed E-state index contributed by atoms with van der Waals surface area (Å²) in [6.45, 7) is 0. The standard InChI is InChI=1S/C36H30ClP/c37-38(34-14-4-1-5-15-34,35-16-6-2-7-17-35,36-18-8-3-9-19-36)28-30-22-20-29(21-23-30)26-31-24-25-32-12-10-11-13-33(32)27-31/h1-25,27H,26,28H2. The number of fused-ring (bicyclic) bond motifs is 1. The Hall–Kier alpha value is -3.70.